The summed E-state index contributed by atoms with van der Waals surface area (Å²) in [5.74, 6) is -0.942. The maximum atomic E-state index is 10.5. The smallest absolute Gasteiger partial charge is 0.307 e. The molecule has 0 atom stereocenters. The van der Waals surface area contributed by atoms with Gasteiger partial charge in [-0.05, 0) is 18.1 Å². The molecule has 0 radical (unpaired) electrons. The summed E-state index contributed by atoms with van der Waals surface area (Å²) in [6.07, 6.45) is 0.304. The molecule has 0 aliphatic rings. The van der Waals surface area contributed by atoms with Crippen molar-refractivity contribution in [3.8, 4) is 11.8 Å². The van der Waals surface area contributed by atoms with Crippen LogP contribution in [-0.4, -0.2) is 16.2 Å². The second-order valence-corrected chi connectivity index (χ2v) is 3.13. The van der Waals surface area contributed by atoms with Crippen molar-refractivity contribution in [3.63, 3.8) is 0 Å². The fourth-order valence-corrected chi connectivity index (χ4v) is 1.49. The van der Waals surface area contributed by atoms with Gasteiger partial charge in [0.05, 0.1) is 18.1 Å². The van der Waals surface area contributed by atoms with Crippen LogP contribution in [0.5, 0.6) is 5.75 Å². The Morgan fingerprint density at radius 2 is 2.20 bits per heavy atom. The number of hydrogen-bond donors (Lipinski definition) is 2. The van der Waals surface area contributed by atoms with Crippen molar-refractivity contribution >= 4 is 5.97 Å². The Morgan fingerprint density at radius 1 is 1.53 bits per heavy atom. The molecule has 0 spiro atoms. The van der Waals surface area contributed by atoms with Gasteiger partial charge in [-0.3, -0.25) is 4.79 Å². The van der Waals surface area contributed by atoms with E-state index in [1.807, 2.05) is 6.07 Å². The lowest BCUT2D eigenvalue weighted by atomic mass is 9.97. The fraction of sp³-hybridized carbons (Fsp3) is 0.273. The first-order valence-electron chi connectivity index (χ1n) is 4.55. The van der Waals surface area contributed by atoms with Crippen LogP contribution in [-0.2, 0) is 17.6 Å². The summed E-state index contributed by atoms with van der Waals surface area (Å²) in [7, 11) is 0. The minimum atomic E-state index is -0.987. The van der Waals surface area contributed by atoms with E-state index in [2.05, 4.69) is 0 Å². The molecule has 4 nitrogen and oxygen atoms in total. The number of carbonyl (C=O) groups is 1. The molecule has 2 N–H and O–H groups in total. The minimum absolute atomic E-state index is 0.0446. The molecule has 0 aromatic heterocycles. The molecule has 4 heteroatoms. The van der Waals surface area contributed by atoms with Crippen LogP contribution < -0.4 is 0 Å². The van der Waals surface area contributed by atoms with E-state index in [1.54, 1.807) is 6.92 Å². The number of carboxylic acid groups (broad SMARTS) is 1. The summed E-state index contributed by atoms with van der Waals surface area (Å²) in [4.78, 5) is 10.5. The molecule has 78 valence electrons. The van der Waals surface area contributed by atoms with Crippen LogP contribution in [0.4, 0.5) is 0 Å². The Morgan fingerprint density at radius 3 is 2.67 bits per heavy atom. The predicted molar refractivity (Wildman–Crippen MR) is 53.5 cm³/mol. The van der Waals surface area contributed by atoms with E-state index < -0.39 is 5.97 Å². The second kappa shape index (κ2) is 4.47. The van der Waals surface area contributed by atoms with Crippen LogP contribution in [0.1, 0.15) is 23.6 Å². The number of phenolic OH excluding ortho intramolecular Hbond substituents is 1. The van der Waals surface area contributed by atoms with Crippen LogP contribution in [0.25, 0.3) is 0 Å². The number of rotatable bonds is 3. The number of aromatic hydroxyl groups is 1. The highest BCUT2D eigenvalue weighted by atomic mass is 16.4. The Hall–Kier alpha value is -2.02. The zero-order valence-corrected chi connectivity index (χ0v) is 8.32. The first kappa shape index (κ1) is 11.1. The lowest BCUT2D eigenvalue weighted by Crippen LogP contribution is -2.04. The van der Waals surface area contributed by atoms with Gasteiger partial charge in [-0.25, -0.2) is 0 Å². The zero-order chi connectivity index (χ0) is 11.4. The predicted octanol–water partition coefficient (Wildman–Crippen LogP) is 1.45. The molecule has 0 unspecified atom stereocenters. The van der Waals surface area contributed by atoms with Gasteiger partial charge in [0, 0.05) is 5.56 Å². The molecule has 0 amide bonds. The molecule has 15 heavy (non-hydrogen) atoms. The van der Waals surface area contributed by atoms with Gasteiger partial charge in [-0.1, -0.05) is 13.0 Å². The first-order valence-corrected chi connectivity index (χ1v) is 4.55. The van der Waals surface area contributed by atoms with Crippen LogP contribution in [0, 0.1) is 11.3 Å². The van der Waals surface area contributed by atoms with E-state index in [4.69, 9.17) is 10.4 Å². The summed E-state index contributed by atoms with van der Waals surface area (Å²) < 4.78 is 0. The van der Waals surface area contributed by atoms with Crippen molar-refractivity contribution in [1.29, 1.82) is 5.26 Å². The van der Waals surface area contributed by atoms with Crippen LogP contribution in [0.2, 0.25) is 0 Å². The lowest BCUT2D eigenvalue weighted by Gasteiger charge is -2.08. The van der Waals surface area contributed by atoms with Crippen LogP contribution >= 0.6 is 0 Å². The number of benzene rings is 1. The Kier molecular flexibility index (Phi) is 3.29. The maximum Gasteiger partial charge on any atom is 0.307 e. The highest BCUT2D eigenvalue weighted by molar-refractivity contribution is 5.72. The minimum Gasteiger partial charge on any atom is -0.508 e. The normalized spacial score (nSPS) is 9.60. The molecule has 0 saturated heterocycles. The van der Waals surface area contributed by atoms with Gasteiger partial charge in [0.2, 0.25) is 0 Å². The zero-order valence-electron chi connectivity index (χ0n) is 8.32. The molecule has 0 aliphatic carbocycles. The van der Waals surface area contributed by atoms with Crippen LogP contribution in [0.3, 0.4) is 0 Å². The Balaban J connectivity index is 3.30. The van der Waals surface area contributed by atoms with Gasteiger partial charge in [-0.15, -0.1) is 0 Å². The Bertz CT molecular complexity index is 432. The SMILES string of the molecule is CCc1c(O)ccc(CC(=O)O)c1C#N. The third-order valence-electron chi connectivity index (χ3n) is 2.18. The summed E-state index contributed by atoms with van der Waals surface area (Å²) >= 11 is 0. The van der Waals surface area contributed by atoms with Crippen molar-refractivity contribution in [2.24, 2.45) is 0 Å². The summed E-state index contributed by atoms with van der Waals surface area (Å²) in [5.41, 5.74) is 1.23. The van der Waals surface area contributed by atoms with Crippen LogP contribution in [0.15, 0.2) is 12.1 Å². The molecule has 0 aliphatic heterocycles. The average molecular weight is 205 g/mol. The van der Waals surface area contributed by atoms with Gasteiger partial charge in [-0.2, -0.15) is 5.26 Å². The molecule has 1 aromatic carbocycles. The fourth-order valence-electron chi connectivity index (χ4n) is 1.49. The number of nitrogens with zero attached hydrogens (tertiary/aromatic N) is 1. The quantitative estimate of drug-likeness (QED) is 0.782. The largest absolute Gasteiger partial charge is 0.508 e. The molecular formula is C11H11NO3. The highest BCUT2D eigenvalue weighted by Gasteiger charge is 2.13. The molecular weight excluding hydrogens is 194 g/mol. The number of aliphatic carboxylic acids is 1. The van der Waals surface area contributed by atoms with Gasteiger partial charge < -0.3 is 10.2 Å². The van der Waals surface area contributed by atoms with E-state index in [9.17, 15) is 9.90 Å². The highest BCUT2D eigenvalue weighted by Crippen LogP contribution is 2.24. The van der Waals surface area contributed by atoms with Crippen molar-refractivity contribution in [1.82, 2.24) is 0 Å². The third kappa shape index (κ3) is 2.26. The number of carboxylic acids is 1. The molecule has 0 saturated carbocycles. The molecule has 1 rings (SSSR count). The molecule has 0 fully saturated rings. The first-order chi connectivity index (χ1) is 7.10. The van der Waals surface area contributed by atoms with E-state index in [-0.39, 0.29) is 17.7 Å². The van der Waals surface area contributed by atoms with Gasteiger partial charge in [0.15, 0.2) is 0 Å². The number of phenols is 1. The maximum absolute atomic E-state index is 10.5. The van der Waals surface area contributed by atoms with Crippen molar-refractivity contribution < 1.29 is 15.0 Å². The second-order valence-electron chi connectivity index (χ2n) is 3.13. The van der Waals surface area contributed by atoms with Crippen molar-refractivity contribution in [2.75, 3.05) is 0 Å². The number of hydrogen-bond acceptors (Lipinski definition) is 3. The van der Waals surface area contributed by atoms with Gasteiger partial charge in [0.25, 0.3) is 0 Å². The lowest BCUT2D eigenvalue weighted by molar-refractivity contribution is -0.136. The topological polar surface area (TPSA) is 81.3 Å². The van der Waals surface area contributed by atoms with Gasteiger partial charge >= 0.3 is 5.97 Å². The van der Waals surface area contributed by atoms with E-state index in [0.717, 1.165) is 0 Å². The Labute approximate surface area is 87.4 Å². The van der Waals surface area contributed by atoms with E-state index in [0.29, 0.717) is 17.5 Å². The summed E-state index contributed by atoms with van der Waals surface area (Å²) in [6.45, 7) is 1.81. The molecule has 0 bridgehead atoms. The summed E-state index contributed by atoms with van der Waals surface area (Å²) in [6, 6.07) is 4.84. The standard InChI is InChI=1S/C11H11NO3/c1-2-8-9(6-12)7(5-11(14)15)3-4-10(8)13/h3-4,13H,2,5H2,1H3,(H,14,15). The molecule has 0 heterocycles. The monoisotopic (exact) mass is 205 g/mol. The third-order valence-corrected chi connectivity index (χ3v) is 2.18. The van der Waals surface area contributed by atoms with Crippen molar-refractivity contribution in [2.45, 2.75) is 19.8 Å². The van der Waals surface area contributed by atoms with E-state index in [1.165, 1.54) is 12.1 Å². The summed E-state index contributed by atoms with van der Waals surface area (Å²) in [5, 5.41) is 27.0. The van der Waals surface area contributed by atoms with Gasteiger partial charge in [0.1, 0.15) is 5.75 Å². The van der Waals surface area contributed by atoms with E-state index >= 15 is 0 Å². The number of nitriles is 1. The molecule has 1 aromatic rings. The van der Waals surface area contributed by atoms with Crippen molar-refractivity contribution in [3.05, 3.63) is 28.8 Å². The average Bonchev–Trinajstić information content (AvgIpc) is 2.19.